The lowest BCUT2D eigenvalue weighted by molar-refractivity contribution is -0.129. The van der Waals surface area contributed by atoms with Crippen molar-refractivity contribution < 1.29 is 44.0 Å². The molecule has 70 heavy (non-hydrogen) atoms. The van der Waals surface area contributed by atoms with Crippen LogP contribution in [0, 0.1) is 38.9 Å². The van der Waals surface area contributed by atoms with E-state index < -0.39 is 5.41 Å². The van der Waals surface area contributed by atoms with Crippen molar-refractivity contribution in [1.29, 1.82) is 0 Å². The molecule has 1 fully saturated rings. The SMILES string of the molecule is C=C(CO)CC(C)(C)CN.C=C(O)C1CCC(CN)CC1.C=C(O)CCC(=O)CC(C)(C)CN.CC(=O)CCNC(=O)C(C)(C)CN.CCCC(=O)CC(C)(C)CN.COCCC(=O)CC(C)(C)CN. The first-order chi connectivity index (χ1) is 32.1. The number of rotatable bonds is 28. The highest BCUT2D eigenvalue weighted by atomic mass is 16.5. The summed E-state index contributed by atoms with van der Waals surface area (Å²) in [7, 11) is 1.60. The van der Waals surface area contributed by atoms with Gasteiger partial charge in [-0.1, -0.05) is 87.6 Å². The molecular weight excluding hydrogens is 891 g/mol. The van der Waals surface area contributed by atoms with E-state index in [9.17, 15) is 24.0 Å². The van der Waals surface area contributed by atoms with Crippen molar-refractivity contribution >= 4 is 29.0 Å². The smallest absolute Gasteiger partial charge is 0.226 e. The van der Waals surface area contributed by atoms with Gasteiger partial charge in [-0.15, -0.1) is 0 Å². The van der Waals surface area contributed by atoms with Crippen LogP contribution in [0.3, 0.4) is 0 Å². The molecule has 16 N–H and O–H groups in total. The van der Waals surface area contributed by atoms with Crippen molar-refractivity contribution in [2.45, 2.75) is 173 Å². The molecule has 16 nitrogen and oxygen atoms in total. The predicted octanol–water partition coefficient (Wildman–Crippen LogP) is 7.28. The zero-order valence-electron chi connectivity index (χ0n) is 46.8. The van der Waals surface area contributed by atoms with Crippen molar-refractivity contribution in [3.05, 3.63) is 36.8 Å². The van der Waals surface area contributed by atoms with E-state index in [1.165, 1.54) is 6.92 Å². The molecule has 1 amide bonds. The molecule has 0 atom stereocenters. The second-order valence-corrected chi connectivity index (χ2v) is 22.5. The first-order valence-electron chi connectivity index (χ1n) is 25.1. The number of carbonyl (C=O) groups is 5. The standard InChI is InChI=1S/C10H19NO2.C9H18N2O2.C9H19NO2.C9H17NO.C9H19NO.C8H17NO/c1-8(12)4-5-9(13)6-10(2,3)7-11;1-7(12)4-5-11-8(13)9(2,3)6-10;1-9(2,7-10)6-8(11)4-5-12-3;1-7(11)9-4-2-8(6-10)3-5-9;1-4-5-8(11)6-9(2,3)7-10;1-7(5-10)4-8(2,3)6-9/h12H,1,4-7,11H2,2-3H3;4-6,10H2,1-3H3,(H,11,13);4-7,10H2,1-3H3;8-9,11H,1-6,10H2;4-7,10H2,1-3H3;10H,1,4-6,9H2,2-3H3. The molecule has 0 aromatic rings. The van der Waals surface area contributed by atoms with Crippen LogP contribution in [0.1, 0.15) is 173 Å². The highest BCUT2D eigenvalue weighted by Crippen LogP contribution is 2.31. The summed E-state index contributed by atoms with van der Waals surface area (Å²) in [6.07, 6.45) is 10.1. The molecule has 0 saturated heterocycles. The summed E-state index contributed by atoms with van der Waals surface area (Å²) in [4.78, 5) is 55.7. The second-order valence-electron chi connectivity index (χ2n) is 22.5. The van der Waals surface area contributed by atoms with Crippen molar-refractivity contribution in [2.75, 3.05) is 66.1 Å². The Morgan fingerprint density at radius 1 is 0.600 bits per heavy atom. The number of aliphatic hydroxyl groups excluding tert-OH is 3. The van der Waals surface area contributed by atoms with Crippen LogP contribution in [0.2, 0.25) is 0 Å². The Morgan fingerprint density at radius 2 is 1.00 bits per heavy atom. The second kappa shape index (κ2) is 41.2. The summed E-state index contributed by atoms with van der Waals surface area (Å²) in [6.45, 7) is 38.1. The van der Waals surface area contributed by atoms with E-state index in [2.05, 4.69) is 38.9 Å². The number of hydrogen-bond acceptors (Lipinski definition) is 15. The van der Waals surface area contributed by atoms with Crippen molar-refractivity contribution in [2.24, 2.45) is 73.3 Å². The third-order valence-electron chi connectivity index (χ3n) is 11.5. The Kier molecular flexibility index (Phi) is 44.4. The minimum absolute atomic E-state index is 0.00769. The van der Waals surface area contributed by atoms with E-state index in [1.807, 2.05) is 48.5 Å². The third kappa shape index (κ3) is 48.3. The fourth-order valence-electron chi connectivity index (χ4n) is 6.08. The maximum atomic E-state index is 11.4. The van der Waals surface area contributed by atoms with Crippen LogP contribution in [0.4, 0.5) is 0 Å². The van der Waals surface area contributed by atoms with Crippen molar-refractivity contribution in [3.63, 3.8) is 0 Å². The van der Waals surface area contributed by atoms with Gasteiger partial charge in [-0.3, -0.25) is 24.0 Å². The molecule has 1 aliphatic rings. The molecule has 1 rings (SSSR count). The fourth-order valence-corrected chi connectivity index (χ4v) is 6.08. The summed E-state index contributed by atoms with van der Waals surface area (Å²) in [5.41, 5.74) is 33.1. The molecular formula is C54H109N7O9. The third-order valence-corrected chi connectivity index (χ3v) is 11.5. The van der Waals surface area contributed by atoms with Crippen molar-refractivity contribution in [1.82, 2.24) is 5.32 Å². The Hall–Kier alpha value is -3.35. The van der Waals surface area contributed by atoms with Gasteiger partial charge in [-0.25, -0.2) is 0 Å². The monoisotopic (exact) mass is 1000 g/mol. The Morgan fingerprint density at radius 3 is 1.31 bits per heavy atom. The van der Waals surface area contributed by atoms with Gasteiger partial charge in [0.15, 0.2) is 0 Å². The molecule has 0 aromatic carbocycles. The summed E-state index contributed by atoms with van der Waals surface area (Å²) in [6, 6.07) is 0. The number of aliphatic hydroxyl groups is 3. The number of methoxy groups -OCH3 is 1. The topological polar surface area (TPSA) is 323 Å². The molecule has 0 radical (unpaired) electrons. The Balaban J connectivity index is -0.000000242. The Labute approximate surface area is 426 Å². The quantitative estimate of drug-likeness (QED) is 0.0272. The number of nitrogens with one attached hydrogen (secondary N) is 1. The molecule has 0 aromatic heterocycles. The average Bonchev–Trinajstić information content (AvgIpc) is 3.28. The number of hydrogen-bond donors (Lipinski definition) is 10. The van der Waals surface area contributed by atoms with Gasteiger partial charge in [0.2, 0.25) is 5.91 Å². The molecule has 0 heterocycles. The molecule has 0 spiro atoms. The van der Waals surface area contributed by atoms with Crippen LogP contribution in [-0.2, 0) is 28.7 Å². The molecule has 414 valence electrons. The molecule has 0 bridgehead atoms. The maximum Gasteiger partial charge on any atom is 0.226 e. The molecule has 0 unspecified atom stereocenters. The van der Waals surface area contributed by atoms with Crippen LogP contribution < -0.4 is 39.7 Å². The molecule has 16 heteroatoms. The number of ketones is 4. The number of nitrogens with two attached hydrogens (primary N) is 6. The van der Waals surface area contributed by atoms with Gasteiger partial charge >= 0.3 is 0 Å². The van der Waals surface area contributed by atoms with E-state index in [0.29, 0.717) is 121 Å². The lowest BCUT2D eigenvalue weighted by atomic mass is 9.81. The van der Waals surface area contributed by atoms with Crippen molar-refractivity contribution in [3.8, 4) is 0 Å². The number of carbonyl (C=O) groups excluding carboxylic acids is 5. The normalized spacial score (nSPS) is 14.6. The van der Waals surface area contributed by atoms with E-state index in [0.717, 1.165) is 50.6 Å². The lowest BCUT2D eigenvalue weighted by Gasteiger charge is -2.26. The summed E-state index contributed by atoms with van der Waals surface area (Å²) < 4.78 is 4.81. The molecule has 0 aliphatic heterocycles. The van der Waals surface area contributed by atoms with Gasteiger partial charge in [0.25, 0.3) is 0 Å². The summed E-state index contributed by atoms with van der Waals surface area (Å²) >= 11 is 0. The largest absolute Gasteiger partial charge is 0.513 e. The van der Waals surface area contributed by atoms with Crippen LogP contribution in [0.25, 0.3) is 0 Å². The highest BCUT2D eigenvalue weighted by molar-refractivity contribution is 5.83. The molecule has 1 saturated carbocycles. The number of allylic oxidation sites excluding steroid dienone is 2. The molecule has 1 aliphatic carbocycles. The zero-order chi connectivity index (χ0) is 56.0. The minimum atomic E-state index is -0.545. The lowest BCUT2D eigenvalue weighted by Crippen LogP contribution is -2.42. The zero-order valence-corrected chi connectivity index (χ0v) is 46.8. The average molecular weight is 1000 g/mol. The van der Waals surface area contributed by atoms with Crippen LogP contribution in [-0.4, -0.2) is 110 Å². The Bertz CT molecular complexity index is 1490. The van der Waals surface area contributed by atoms with Gasteiger partial charge in [0.05, 0.1) is 30.1 Å². The first-order valence-corrected chi connectivity index (χ1v) is 25.1. The minimum Gasteiger partial charge on any atom is -0.513 e. The van der Waals surface area contributed by atoms with E-state index in [-0.39, 0.29) is 57.3 Å². The van der Waals surface area contributed by atoms with Gasteiger partial charge in [0, 0.05) is 77.5 Å². The van der Waals surface area contributed by atoms with Crippen LogP contribution in [0.15, 0.2) is 36.8 Å². The van der Waals surface area contributed by atoms with Gasteiger partial charge in [-0.2, -0.15) is 0 Å². The fraction of sp³-hybridized carbons (Fsp3) is 0.796. The van der Waals surface area contributed by atoms with Gasteiger partial charge < -0.3 is 59.8 Å². The first kappa shape index (κ1) is 75.6. The predicted molar refractivity (Wildman–Crippen MR) is 291 cm³/mol. The van der Waals surface area contributed by atoms with E-state index >= 15 is 0 Å². The van der Waals surface area contributed by atoms with Gasteiger partial charge in [-0.05, 0) is 120 Å². The number of Topliss-reactive ketones (excluding diaryl/α,β-unsaturated/α-hetero) is 4. The maximum absolute atomic E-state index is 11.4. The van der Waals surface area contributed by atoms with E-state index in [1.54, 1.807) is 21.0 Å². The van der Waals surface area contributed by atoms with Crippen LogP contribution >= 0.6 is 0 Å². The summed E-state index contributed by atoms with van der Waals surface area (Å²) in [5, 5.41) is 29.2. The highest BCUT2D eigenvalue weighted by Gasteiger charge is 2.26. The van der Waals surface area contributed by atoms with Crippen LogP contribution in [0.5, 0.6) is 0 Å². The van der Waals surface area contributed by atoms with E-state index in [4.69, 9.17) is 54.5 Å². The summed E-state index contributed by atoms with van der Waals surface area (Å²) in [5.74, 6) is 2.13. The number of amides is 1. The number of ether oxygens (including phenoxy) is 1. The van der Waals surface area contributed by atoms with Gasteiger partial charge in [0.1, 0.15) is 23.1 Å².